The molecule has 0 aromatic rings. The molecular weight excluding hydrogens is 197 g/mol. The second-order valence-electron chi connectivity index (χ2n) is 3.04. The van der Waals surface area contributed by atoms with Crippen LogP contribution in [0.4, 0.5) is 13.2 Å². The van der Waals surface area contributed by atoms with Crippen molar-refractivity contribution in [3.63, 3.8) is 0 Å². The number of hydrogen-bond acceptors (Lipinski definition) is 3. The first-order chi connectivity index (χ1) is 6.45. The Morgan fingerprint density at radius 1 is 1.21 bits per heavy atom. The molecule has 0 amide bonds. The number of halogens is 3. The largest absolute Gasteiger partial charge is 0.401 e. The maximum absolute atomic E-state index is 11.6. The summed E-state index contributed by atoms with van der Waals surface area (Å²) in [7, 11) is 1.59. The second kappa shape index (κ2) is 7.03. The molecule has 0 bridgehead atoms. The van der Waals surface area contributed by atoms with Crippen LogP contribution >= 0.6 is 0 Å². The first-order valence-corrected chi connectivity index (χ1v) is 4.46. The van der Waals surface area contributed by atoms with E-state index in [1.807, 2.05) is 6.92 Å². The minimum atomic E-state index is -4.13. The summed E-state index contributed by atoms with van der Waals surface area (Å²) in [5.41, 5.74) is 0. The fourth-order valence-electron chi connectivity index (χ4n) is 0.796. The van der Waals surface area contributed by atoms with Crippen molar-refractivity contribution in [2.24, 2.45) is 0 Å². The molecule has 86 valence electrons. The summed E-state index contributed by atoms with van der Waals surface area (Å²) in [6.45, 7) is 2.40. The van der Waals surface area contributed by atoms with Gasteiger partial charge >= 0.3 is 6.18 Å². The lowest BCUT2D eigenvalue weighted by molar-refractivity contribution is -0.124. The van der Waals surface area contributed by atoms with Crippen LogP contribution in [0.3, 0.4) is 0 Å². The molecule has 0 aliphatic rings. The van der Waals surface area contributed by atoms with Gasteiger partial charge in [0.1, 0.15) is 0 Å². The normalized spacial score (nSPS) is 14.4. The molecule has 3 nitrogen and oxygen atoms in total. The highest BCUT2D eigenvalue weighted by Crippen LogP contribution is 2.11. The molecule has 0 rings (SSSR count). The quantitative estimate of drug-likeness (QED) is 0.614. The van der Waals surface area contributed by atoms with Gasteiger partial charge in [-0.15, -0.1) is 0 Å². The molecule has 1 unspecified atom stereocenters. The molecule has 0 saturated carbocycles. The molecule has 0 heterocycles. The SMILES string of the molecule is COC(C)CNCCNCC(F)(F)F. The van der Waals surface area contributed by atoms with Crippen LogP contribution in [-0.4, -0.2) is 45.6 Å². The molecular formula is C8H17F3N2O. The van der Waals surface area contributed by atoms with Crippen LogP contribution in [0.2, 0.25) is 0 Å². The van der Waals surface area contributed by atoms with E-state index in [4.69, 9.17) is 4.74 Å². The van der Waals surface area contributed by atoms with Gasteiger partial charge in [0.05, 0.1) is 12.6 Å². The van der Waals surface area contributed by atoms with E-state index in [2.05, 4.69) is 10.6 Å². The topological polar surface area (TPSA) is 33.3 Å². The Morgan fingerprint density at radius 3 is 2.29 bits per heavy atom. The van der Waals surface area contributed by atoms with E-state index in [1.54, 1.807) is 7.11 Å². The van der Waals surface area contributed by atoms with Gasteiger partial charge in [0.15, 0.2) is 0 Å². The van der Waals surface area contributed by atoms with Crippen LogP contribution in [0.25, 0.3) is 0 Å². The van der Waals surface area contributed by atoms with E-state index in [1.165, 1.54) is 0 Å². The maximum atomic E-state index is 11.6. The Hall–Kier alpha value is -0.330. The van der Waals surface area contributed by atoms with E-state index < -0.39 is 12.7 Å². The average molecular weight is 214 g/mol. The van der Waals surface area contributed by atoms with Crippen LogP contribution in [-0.2, 0) is 4.74 Å². The predicted molar refractivity (Wildman–Crippen MR) is 48.3 cm³/mol. The van der Waals surface area contributed by atoms with Gasteiger partial charge in [0, 0.05) is 26.7 Å². The summed E-state index contributed by atoms with van der Waals surface area (Å²) in [4.78, 5) is 0. The minimum Gasteiger partial charge on any atom is -0.380 e. The zero-order valence-corrected chi connectivity index (χ0v) is 8.45. The van der Waals surface area contributed by atoms with Crippen LogP contribution in [0, 0.1) is 0 Å². The zero-order valence-electron chi connectivity index (χ0n) is 8.45. The Balaban J connectivity index is 3.14. The van der Waals surface area contributed by atoms with Crippen molar-refractivity contribution in [1.82, 2.24) is 10.6 Å². The number of hydrogen-bond donors (Lipinski definition) is 2. The Kier molecular flexibility index (Phi) is 6.86. The van der Waals surface area contributed by atoms with Gasteiger partial charge in [-0.05, 0) is 6.92 Å². The smallest absolute Gasteiger partial charge is 0.380 e. The maximum Gasteiger partial charge on any atom is 0.401 e. The average Bonchev–Trinajstić information content (AvgIpc) is 2.08. The lowest BCUT2D eigenvalue weighted by Crippen LogP contribution is -2.36. The Morgan fingerprint density at radius 2 is 1.79 bits per heavy atom. The first kappa shape index (κ1) is 13.7. The molecule has 0 radical (unpaired) electrons. The van der Waals surface area contributed by atoms with Gasteiger partial charge < -0.3 is 15.4 Å². The molecule has 14 heavy (non-hydrogen) atoms. The number of methoxy groups -OCH3 is 1. The van der Waals surface area contributed by atoms with Crippen molar-refractivity contribution in [2.75, 3.05) is 33.3 Å². The summed E-state index contributed by atoms with van der Waals surface area (Å²) in [6.07, 6.45) is -4.04. The van der Waals surface area contributed by atoms with Crippen LogP contribution < -0.4 is 10.6 Å². The summed E-state index contributed by atoms with van der Waals surface area (Å²) < 4.78 is 39.9. The molecule has 0 aromatic heterocycles. The van der Waals surface area contributed by atoms with Gasteiger partial charge in [-0.2, -0.15) is 13.2 Å². The van der Waals surface area contributed by atoms with Gasteiger partial charge in [0.25, 0.3) is 0 Å². The van der Waals surface area contributed by atoms with Gasteiger partial charge in [-0.1, -0.05) is 0 Å². The molecule has 0 aliphatic carbocycles. The number of alkyl halides is 3. The van der Waals surface area contributed by atoms with Crippen molar-refractivity contribution < 1.29 is 17.9 Å². The van der Waals surface area contributed by atoms with Crippen LogP contribution in [0.1, 0.15) is 6.92 Å². The van der Waals surface area contributed by atoms with E-state index in [9.17, 15) is 13.2 Å². The third-order valence-electron chi connectivity index (χ3n) is 1.64. The molecule has 0 spiro atoms. The minimum absolute atomic E-state index is 0.0811. The highest BCUT2D eigenvalue weighted by atomic mass is 19.4. The molecule has 6 heteroatoms. The summed E-state index contributed by atoms with van der Waals surface area (Å²) in [5, 5.41) is 5.26. The second-order valence-corrected chi connectivity index (χ2v) is 3.04. The number of ether oxygens (including phenoxy) is 1. The third-order valence-corrected chi connectivity index (χ3v) is 1.64. The summed E-state index contributed by atoms with van der Waals surface area (Å²) >= 11 is 0. The number of nitrogens with one attached hydrogen (secondary N) is 2. The standard InChI is InChI=1S/C8H17F3N2O/c1-7(14-2)5-12-3-4-13-6-8(9,10)11/h7,12-13H,3-6H2,1-2H3. The van der Waals surface area contributed by atoms with Crippen molar-refractivity contribution in [3.8, 4) is 0 Å². The lowest BCUT2D eigenvalue weighted by Gasteiger charge is -2.11. The Labute approximate surface area is 82.0 Å². The highest BCUT2D eigenvalue weighted by Gasteiger charge is 2.25. The third kappa shape index (κ3) is 9.76. The summed E-state index contributed by atoms with van der Waals surface area (Å²) in [5.74, 6) is 0. The number of rotatable bonds is 7. The monoisotopic (exact) mass is 214 g/mol. The van der Waals surface area contributed by atoms with E-state index in [0.29, 0.717) is 19.6 Å². The summed E-state index contributed by atoms with van der Waals surface area (Å²) in [6, 6.07) is 0. The predicted octanol–water partition coefficient (Wildman–Crippen LogP) is 0.763. The fraction of sp³-hybridized carbons (Fsp3) is 1.00. The molecule has 1 atom stereocenters. The van der Waals surface area contributed by atoms with Crippen LogP contribution in [0.5, 0.6) is 0 Å². The van der Waals surface area contributed by atoms with E-state index in [-0.39, 0.29) is 6.10 Å². The van der Waals surface area contributed by atoms with Crippen molar-refractivity contribution in [2.45, 2.75) is 19.2 Å². The van der Waals surface area contributed by atoms with Crippen molar-refractivity contribution >= 4 is 0 Å². The van der Waals surface area contributed by atoms with Crippen molar-refractivity contribution in [3.05, 3.63) is 0 Å². The molecule has 2 N–H and O–H groups in total. The van der Waals surface area contributed by atoms with E-state index in [0.717, 1.165) is 0 Å². The van der Waals surface area contributed by atoms with Gasteiger partial charge in [-0.3, -0.25) is 0 Å². The molecule has 0 aliphatic heterocycles. The van der Waals surface area contributed by atoms with Gasteiger partial charge in [0.2, 0.25) is 0 Å². The highest BCUT2D eigenvalue weighted by molar-refractivity contribution is 4.59. The molecule has 0 saturated heterocycles. The first-order valence-electron chi connectivity index (χ1n) is 4.46. The molecule has 0 fully saturated rings. The lowest BCUT2D eigenvalue weighted by atomic mass is 10.4. The van der Waals surface area contributed by atoms with Gasteiger partial charge in [-0.25, -0.2) is 0 Å². The fourth-order valence-corrected chi connectivity index (χ4v) is 0.796. The zero-order chi connectivity index (χ0) is 11.0. The van der Waals surface area contributed by atoms with E-state index >= 15 is 0 Å². The molecule has 0 aromatic carbocycles. The van der Waals surface area contributed by atoms with Crippen LogP contribution in [0.15, 0.2) is 0 Å². The van der Waals surface area contributed by atoms with Crippen molar-refractivity contribution in [1.29, 1.82) is 0 Å². The Bertz CT molecular complexity index is 141.